The number of hydrogen-bond acceptors (Lipinski definition) is 5. The van der Waals surface area contributed by atoms with E-state index in [4.69, 9.17) is 27.9 Å². The largest absolute Gasteiger partial charge is 0.394 e. The molecule has 5 atom stereocenters. The smallest absolute Gasteiger partial charge is 0.163 e. The fourth-order valence-corrected chi connectivity index (χ4v) is 5.32. The molecule has 0 aliphatic carbocycles. The van der Waals surface area contributed by atoms with Crippen LogP contribution < -0.4 is 0 Å². The molecule has 6 nitrogen and oxygen atoms in total. The van der Waals surface area contributed by atoms with E-state index in [0.717, 1.165) is 27.3 Å². The molecule has 1 fully saturated rings. The summed E-state index contributed by atoms with van der Waals surface area (Å²) in [5.74, 6) is 0. The molecule has 5 rings (SSSR count). The molecule has 4 N–H and O–H groups in total. The lowest BCUT2D eigenvalue weighted by Crippen LogP contribution is -2.56. The summed E-state index contributed by atoms with van der Waals surface area (Å²) in [6.07, 6.45) is -4.16. The molecule has 1 aliphatic heterocycles. The highest BCUT2D eigenvalue weighted by Crippen LogP contribution is 2.39. The molecule has 1 saturated heterocycles. The lowest BCUT2D eigenvalue weighted by molar-refractivity contribution is -0.250. The molecule has 178 valence electrons. The first-order valence-corrected chi connectivity index (χ1v) is 11.8. The normalized spacial score (nSPS) is 25.3. The summed E-state index contributed by atoms with van der Waals surface area (Å²) in [4.78, 5) is 0. The van der Waals surface area contributed by atoms with Crippen molar-refractivity contribution in [2.24, 2.45) is 0 Å². The van der Waals surface area contributed by atoms with Crippen LogP contribution in [-0.2, 0) is 11.2 Å². The van der Waals surface area contributed by atoms with Crippen molar-refractivity contribution in [1.29, 1.82) is 0 Å². The summed E-state index contributed by atoms with van der Waals surface area (Å²) in [5, 5.41) is 44.7. The van der Waals surface area contributed by atoms with Crippen molar-refractivity contribution >= 4 is 44.9 Å². The average molecular weight is 502 g/mol. The van der Waals surface area contributed by atoms with E-state index in [-0.39, 0.29) is 0 Å². The molecule has 0 saturated carbocycles. The zero-order chi connectivity index (χ0) is 24.1. The van der Waals surface area contributed by atoms with Crippen molar-refractivity contribution in [1.82, 2.24) is 4.57 Å². The van der Waals surface area contributed by atoms with Gasteiger partial charge in [0.1, 0.15) is 24.4 Å². The highest BCUT2D eigenvalue weighted by Gasteiger charge is 2.44. The number of ether oxygens (including phenoxy) is 1. The molecule has 8 heteroatoms. The molecule has 0 spiro atoms. The zero-order valence-electron chi connectivity index (χ0n) is 18.4. The van der Waals surface area contributed by atoms with Crippen molar-refractivity contribution < 1.29 is 25.2 Å². The average Bonchev–Trinajstić information content (AvgIpc) is 3.20. The van der Waals surface area contributed by atoms with Gasteiger partial charge in [0.05, 0.1) is 22.2 Å². The molecular weight excluding hydrogens is 477 g/mol. The molecular formula is C26H25Cl2NO5. The summed E-state index contributed by atoms with van der Waals surface area (Å²) in [5.41, 5.74) is 3.68. The molecule has 0 radical (unpaired) electrons. The van der Waals surface area contributed by atoms with E-state index in [1.54, 1.807) is 22.9 Å². The van der Waals surface area contributed by atoms with Gasteiger partial charge in [0, 0.05) is 11.6 Å². The molecule has 34 heavy (non-hydrogen) atoms. The van der Waals surface area contributed by atoms with Gasteiger partial charge in [-0.1, -0.05) is 65.2 Å². The Morgan fingerprint density at radius 1 is 0.882 bits per heavy atom. The Kier molecular flexibility index (Phi) is 6.33. The Bertz CT molecular complexity index is 1370. The van der Waals surface area contributed by atoms with Crippen molar-refractivity contribution in [2.75, 3.05) is 6.61 Å². The number of aliphatic hydroxyl groups is 4. The van der Waals surface area contributed by atoms with Gasteiger partial charge in [-0.05, 0) is 47.4 Å². The fourth-order valence-electron chi connectivity index (χ4n) is 4.79. The van der Waals surface area contributed by atoms with Crippen LogP contribution in [0.3, 0.4) is 0 Å². The van der Waals surface area contributed by atoms with Crippen LogP contribution in [0.2, 0.25) is 10.0 Å². The zero-order valence-corrected chi connectivity index (χ0v) is 19.9. The van der Waals surface area contributed by atoms with Gasteiger partial charge in [0.25, 0.3) is 0 Å². The topological polar surface area (TPSA) is 95.1 Å². The number of benzene rings is 3. The van der Waals surface area contributed by atoms with E-state index in [1.807, 2.05) is 0 Å². The van der Waals surface area contributed by atoms with E-state index in [9.17, 15) is 20.4 Å². The van der Waals surface area contributed by atoms with Gasteiger partial charge < -0.3 is 29.7 Å². The van der Waals surface area contributed by atoms with Crippen molar-refractivity contribution in [3.63, 3.8) is 0 Å². The number of aromatic nitrogens is 1. The quantitative estimate of drug-likeness (QED) is 0.339. The van der Waals surface area contributed by atoms with Gasteiger partial charge in [-0.25, -0.2) is 0 Å². The van der Waals surface area contributed by atoms with Crippen LogP contribution in [0.25, 0.3) is 21.7 Å². The summed E-state index contributed by atoms with van der Waals surface area (Å²) in [7, 11) is 0. The van der Waals surface area contributed by atoms with Crippen LogP contribution in [0, 0.1) is 6.92 Å². The number of hydrogen-bond donors (Lipinski definition) is 4. The Labute approximate surface area is 206 Å². The van der Waals surface area contributed by atoms with Crippen molar-refractivity contribution in [2.45, 2.75) is 44.0 Å². The molecule has 4 aromatic rings. The predicted octanol–water partition coefficient (Wildman–Crippen LogP) is 3.97. The first kappa shape index (κ1) is 23.6. The molecule has 0 unspecified atom stereocenters. The maximum absolute atomic E-state index is 10.7. The molecule has 2 heterocycles. The summed E-state index contributed by atoms with van der Waals surface area (Å²) < 4.78 is 7.43. The van der Waals surface area contributed by atoms with E-state index in [0.29, 0.717) is 22.0 Å². The monoisotopic (exact) mass is 501 g/mol. The van der Waals surface area contributed by atoms with Gasteiger partial charge in [0.15, 0.2) is 6.23 Å². The van der Waals surface area contributed by atoms with E-state index >= 15 is 0 Å². The number of aliphatic hydroxyl groups excluding tert-OH is 4. The van der Waals surface area contributed by atoms with Crippen LogP contribution in [-0.4, -0.2) is 56.0 Å². The molecule has 1 aromatic heterocycles. The fraction of sp³-hybridized carbons (Fsp3) is 0.308. The minimum absolute atomic E-state index is 0.400. The third kappa shape index (κ3) is 3.99. The first-order valence-electron chi connectivity index (χ1n) is 11.1. The second kappa shape index (κ2) is 9.13. The maximum Gasteiger partial charge on any atom is 0.163 e. The second-order valence-corrected chi connectivity index (χ2v) is 9.71. The van der Waals surface area contributed by atoms with Gasteiger partial charge in [-0.2, -0.15) is 0 Å². The van der Waals surface area contributed by atoms with Gasteiger partial charge >= 0.3 is 0 Å². The van der Waals surface area contributed by atoms with Gasteiger partial charge in [-0.3, -0.25) is 0 Å². The number of halogens is 2. The van der Waals surface area contributed by atoms with Gasteiger partial charge in [-0.15, -0.1) is 0 Å². The Morgan fingerprint density at radius 2 is 1.59 bits per heavy atom. The molecule has 3 aromatic carbocycles. The maximum atomic E-state index is 10.7. The Hall–Kier alpha value is -2.16. The third-order valence-corrected chi connectivity index (χ3v) is 7.17. The lowest BCUT2D eigenvalue weighted by Gasteiger charge is -2.40. The predicted molar refractivity (Wildman–Crippen MR) is 132 cm³/mol. The Balaban J connectivity index is 1.61. The number of aryl methyl sites for hydroxylation is 1. The number of nitrogens with zero attached hydrogens (tertiary/aromatic N) is 1. The number of fused-ring (bicyclic) bond motifs is 2. The summed E-state index contributed by atoms with van der Waals surface area (Å²) >= 11 is 13.2. The molecule has 0 bridgehead atoms. The SMILES string of the molecule is Cc1ccc2cc(Cc3cn([C@@H]4O[C@H](CO)[C@@H](O)[C@H](O)[C@H]4O)c4c(Cl)ccc(Cl)c34)ccc2c1. The van der Waals surface area contributed by atoms with Crippen LogP contribution in [0.1, 0.15) is 22.9 Å². The van der Waals surface area contributed by atoms with Crippen molar-refractivity contribution in [3.8, 4) is 0 Å². The Morgan fingerprint density at radius 3 is 2.35 bits per heavy atom. The summed E-state index contributed by atoms with van der Waals surface area (Å²) in [6, 6.07) is 16.0. The molecule has 0 amide bonds. The molecule has 1 aliphatic rings. The lowest BCUT2D eigenvalue weighted by atomic mass is 9.98. The number of rotatable bonds is 4. The van der Waals surface area contributed by atoms with Crippen LogP contribution in [0.15, 0.2) is 54.7 Å². The minimum Gasteiger partial charge on any atom is -0.394 e. The van der Waals surface area contributed by atoms with Crippen LogP contribution in [0.5, 0.6) is 0 Å². The highest BCUT2D eigenvalue weighted by atomic mass is 35.5. The van der Waals surface area contributed by atoms with Crippen molar-refractivity contribution in [3.05, 3.63) is 81.5 Å². The van der Waals surface area contributed by atoms with Crippen LogP contribution in [0.4, 0.5) is 0 Å². The van der Waals surface area contributed by atoms with E-state index in [2.05, 4.69) is 43.3 Å². The van der Waals surface area contributed by atoms with E-state index in [1.165, 1.54) is 5.56 Å². The van der Waals surface area contributed by atoms with Gasteiger partial charge in [0.2, 0.25) is 0 Å². The highest BCUT2D eigenvalue weighted by molar-refractivity contribution is 6.40. The first-order chi connectivity index (χ1) is 16.3. The standard InChI is InChI=1S/C26H25Cl2NO5/c1-13-2-4-16-9-14(3-5-15(16)8-13)10-17-11-29(22-19(28)7-6-18(27)21(17)22)26-25(33)24(32)23(31)20(12-30)34-26/h2-9,11,20,23-26,30-33H,10,12H2,1H3/t20-,23-,24+,25-,26-/m1/s1. The van der Waals surface area contributed by atoms with Crippen LogP contribution >= 0.6 is 23.2 Å². The second-order valence-electron chi connectivity index (χ2n) is 8.90. The third-order valence-electron chi connectivity index (χ3n) is 6.55. The van der Waals surface area contributed by atoms with E-state index < -0.39 is 37.3 Å². The minimum atomic E-state index is -1.50. The summed E-state index contributed by atoms with van der Waals surface area (Å²) in [6.45, 7) is 1.55.